The molecular weight excluding hydrogens is 396 g/mol. The van der Waals surface area contributed by atoms with E-state index in [0.29, 0.717) is 24.1 Å². The molecule has 4 aromatic heterocycles. The molecule has 6 rings (SSSR count). The Balaban J connectivity index is 1.31. The highest BCUT2D eigenvalue weighted by molar-refractivity contribution is 7.19. The minimum atomic E-state index is 0.429. The number of anilines is 1. The molecule has 0 fully saturated rings. The minimum Gasteiger partial charge on any atom is -0.383 e. The molecule has 1 aromatic carbocycles. The highest BCUT2D eigenvalue weighted by Crippen LogP contribution is 2.39. The van der Waals surface area contributed by atoms with Gasteiger partial charge in [0.2, 0.25) is 0 Å². The first kappa shape index (κ1) is 17.5. The van der Waals surface area contributed by atoms with Gasteiger partial charge >= 0.3 is 0 Å². The molecule has 3 N–H and O–H groups in total. The van der Waals surface area contributed by atoms with Crippen LogP contribution in [0, 0.1) is 5.92 Å². The number of nitrogens with two attached hydrogens (primary N) is 1. The first-order valence-electron chi connectivity index (χ1n) is 10.0. The molecule has 1 aliphatic carbocycles. The van der Waals surface area contributed by atoms with E-state index in [1.807, 2.05) is 24.4 Å². The van der Waals surface area contributed by atoms with Gasteiger partial charge in [-0.2, -0.15) is 5.10 Å². The Kier molecular flexibility index (Phi) is 3.85. The summed E-state index contributed by atoms with van der Waals surface area (Å²) >= 11 is 1.76. The number of rotatable bonds is 3. The van der Waals surface area contributed by atoms with E-state index in [1.165, 1.54) is 16.9 Å². The summed E-state index contributed by atoms with van der Waals surface area (Å²) < 4.78 is 1.75. The Labute approximate surface area is 176 Å². The second-order valence-corrected chi connectivity index (χ2v) is 9.11. The van der Waals surface area contributed by atoms with Crippen LogP contribution in [0.2, 0.25) is 0 Å². The fourth-order valence-corrected chi connectivity index (χ4v) is 5.65. The third-order valence-corrected chi connectivity index (χ3v) is 6.96. The summed E-state index contributed by atoms with van der Waals surface area (Å²) in [5.41, 5.74) is 10.5. The Hall–Kier alpha value is -3.33. The van der Waals surface area contributed by atoms with Crippen molar-refractivity contribution in [2.75, 3.05) is 5.73 Å². The number of thiophene rings is 1. The van der Waals surface area contributed by atoms with Gasteiger partial charge in [0.05, 0.1) is 23.3 Å². The van der Waals surface area contributed by atoms with Crippen LogP contribution >= 0.6 is 11.3 Å². The predicted molar refractivity (Wildman–Crippen MR) is 117 cm³/mol. The van der Waals surface area contributed by atoms with Gasteiger partial charge in [-0.05, 0) is 36.8 Å². The second-order valence-electron chi connectivity index (χ2n) is 8.03. The van der Waals surface area contributed by atoms with E-state index in [-0.39, 0.29) is 0 Å². The van der Waals surface area contributed by atoms with E-state index in [1.54, 1.807) is 22.2 Å². The second kappa shape index (κ2) is 6.60. The van der Waals surface area contributed by atoms with E-state index in [4.69, 9.17) is 10.7 Å². The summed E-state index contributed by atoms with van der Waals surface area (Å²) in [7, 11) is 0. The smallest absolute Gasteiger partial charge is 0.153 e. The van der Waals surface area contributed by atoms with Crippen LogP contribution in [-0.2, 0) is 19.4 Å². The number of aryl methyl sites for hydroxylation is 1. The molecule has 150 valence electrons. The number of nitrogens with one attached hydrogen (secondary N) is 1. The largest absolute Gasteiger partial charge is 0.383 e. The van der Waals surface area contributed by atoms with Crippen molar-refractivity contribution in [1.29, 1.82) is 0 Å². The molecule has 1 atom stereocenters. The molecule has 1 unspecified atom stereocenters. The van der Waals surface area contributed by atoms with Crippen molar-refractivity contribution in [1.82, 2.24) is 35.2 Å². The quantitative estimate of drug-likeness (QED) is 0.465. The van der Waals surface area contributed by atoms with Crippen LogP contribution in [0.15, 0.2) is 30.6 Å². The lowest BCUT2D eigenvalue weighted by molar-refractivity contribution is 0.509. The van der Waals surface area contributed by atoms with Gasteiger partial charge in [0.15, 0.2) is 5.82 Å². The Bertz CT molecular complexity index is 1400. The van der Waals surface area contributed by atoms with Crippen LogP contribution in [0.4, 0.5) is 5.82 Å². The molecule has 0 aliphatic heterocycles. The highest BCUT2D eigenvalue weighted by Gasteiger charge is 2.23. The summed E-state index contributed by atoms with van der Waals surface area (Å²) in [6.45, 7) is 2.73. The molecular formula is C21H20N8S. The number of fused-ring (bicyclic) bond motifs is 4. The van der Waals surface area contributed by atoms with Gasteiger partial charge < -0.3 is 5.73 Å². The summed E-state index contributed by atoms with van der Waals surface area (Å²) in [5, 5.41) is 17.7. The molecule has 0 saturated carbocycles. The van der Waals surface area contributed by atoms with Gasteiger partial charge in [0.25, 0.3) is 0 Å². The van der Waals surface area contributed by atoms with Gasteiger partial charge in [-0.1, -0.05) is 24.3 Å². The number of hydrogen-bond acceptors (Lipinski definition) is 7. The van der Waals surface area contributed by atoms with Crippen molar-refractivity contribution in [2.24, 2.45) is 5.92 Å². The molecule has 0 bridgehead atoms. The molecule has 4 heterocycles. The van der Waals surface area contributed by atoms with Crippen LogP contribution in [0.3, 0.4) is 0 Å². The molecule has 8 nitrogen and oxygen atoms in total. The van der Waals surface area contributed by atoms with Crippen LogP contribution in [0.1, 0.15) is 29.6 Å². The normalized spacial score (nSPS) is 16.4. The summed E-state index contributed by atoms with van der Waals surface area (Å²) in [6.07, 6.45) is 7.08. The van der Waals surface area contributed by atoms with Crippen molar-refractivity contribution in [3.63, 3.8) is 0 Å². The van der Waals surface area contributed by atoms with Crippen molar-refractivity contribution in [3.05, 3.63) is 46.9 Å². The van der Waals surface area contributed by atoms with Crippen LogP contribution < -0.4 is 5.73 Å². The maximum absolute atomic E-state index is 6.35. The number of hydrogen-bond donors (Lipinski definition) is 2. The van der Waals surface area contributed by atoms with Crippen molar-refractivity contribution in [2.45, 2.75) is 32.7 Å². The zero-order valence-corrected chi connectivity index (χ0v) is 17.3. The van der Waals surface area contributed by atoms with E-state index in [0.717, 1.165) is 45.2 Å². The maximum Gasteiger partial charge on any atom is 0.153 e. The first-order valence-corrected chi connectivity index (χ1v) is 10.9. The molecule has 30 heavy (non-hydrogen) atoms. The number of aromatic nitrogens is 7. The zero-order chi connectivity index (χ0) is 20.2. The van der Waals surface area contributed by atoms with E-state index >= 15 is 0 Å². The Morgan fingerprint density at radius 3 is 3.17 bits per heavy atom. The summed E-state index contributed by atoms with van der Waals surface area (Å²) in [4.78, 5) is 11.8. The number of aromatic amines is 1. The average molecular weight is 417 g/mol. The fraction of sp³-hybridized carbons (Fsp3) is 0.286. The van der Waals surface area contributed by atoms with Gasteiger partial charge in [0.1, 0.15) is 22.9 Å². The maximum atomic E-state index is 6.35. The van der Waals surface area contributed by atoms with Gasteiger partial charge in [-0.25, -0.2) is 14.6 Å². The molecule has 5 aromatic rings. The van der Waals surface area contributed by atoms with Crippen LogP contribution in [0.5, 0.6) is 0 Å². The fourth-order valence-electron chi connectivity index (χ4n) is 4.24. The lowest BCUT2D eigenvalue weighted by atomic mass is 9.89. The summed E-state index contributed by atoms with van der Waals surface area (Å²) in [6, 6.07) is 6.06. The van der Waals surface area contributed by atoms with Crippen LogP contribution in [-0.4, -0.2) is 35.2 Å². The standard InChI is InChI=1S/C21H20N8S/c1-11-2-5-14-17(6-11)30-21-19(14)20(22)24-18(25-21)10-29-9-16(27-28-29)12-3-4-13-8-23-26-15(13)7-12/h3-4,7-9,11H,2,5-6,10H2,1H3,(H,23,26)(H2,22,24,25). The average Bonchev–Trinajstić information content (AvgIpc) is 3.44. The Morgan fingerprint density at radius 2 is 2.23 bits per heavy atom. The van der Waals surface area contributed by atoms with Crippen LogP contribution in [0.25, 0.3) is 32.4 Å². The van der Waals surface area contributed by atoms with E-state index < -0.39 is 0 Å². The molecule has 1 aliphatic rings. The minimum absolute atomic E-state index is 0.429. The third kappa shape index (κ3) is 2.85. The van der Waals surface area contributed by atoms with Gasteiger partial charge in [-0.15, -0.1) is 16.4 Å². The SMILES string of the molecule is CC1CCc2c(sc3nc(Cn4cc(-c5ccc6cn[nH]c6c5)nn4)nc(N)c23)C1. The van der Waals surface area contributed by atoms with E-state index in [2.05, 4.69) is 32.4 Å². The highest BCUT2D eigenvalue weighted by atomic mass is 32.1. The molecule has 0 radical (unpaired) electrons. The Morgan fingerprint density at radius 1 is 1.30 bits per heavy atom. The number of H-pyrrole nitrogens is 1. The number of benzene rings is 1. The topological polar surface area (TPSA) is 111 Å². The molecule has 0 amide bonds. The van der Waals surface area contributed by atoms with Gasteiger partial charge in [-0.3, -0.25) is 5.10 Å². The molecule has 0 saturated heterocycles. The van der Waals surface area contributed by atoms with Crippen molar-refractivity contribution in [3.8, 4) is 11.3 Å². The predicted octanol–water partition coefficient (Wildman–Crippen LogP) is 3.58. The van der Waals surface area contributed by atoms with Crippen molar-refractivity contribution < 1.29 is 0 Å². The molecule has 0 spiro atoms. The number of nitrogens with zero attached hydrogens (tertiary/aromatic N) is 6. The zero-order valence-electron chi connectivity index (χ0n) is 16.5. The number of nitrogen functional groups attached to an aromatic ring is 1. The lowest BCUT2D eigenvalue weighted by Gasteiger charge is -2.17. The van der Waals surface area contributed by atoms with Gasteiger partial charge in [0, 0.05) is 15.8 Å². The molecule has 9 heteroatoms. The van der Waals surface area contributed by atoms with E-state index in [9.17, 15) is 0 Å². The summed E-state index contributed by atoms with van der Waals surface area (Å²) in [5.74, 6) is 1.95. The first-order chi connectivity index (χ1) is 14.6. The van der Waals surface area contributed by atoms with Crippen molar-refractivity contribution >= 4 is 38.3 Å². The third-order valence-electron chi connectivity index (χ3n) is 5.81. The monoisotopic (exact) mass is 416 g/mol. The lowest BCUT2D eigenvalue weighted by Crippen LogP contribution is -2.10.